The predicted octanol–water partition coefficient (Wildman–Crippen LogP) is 3.51. The summed E-state index contributed by atoms with van der Waals surface area (Å²) in [5.74, 6) is 0.743. The number of carbonyl (C=O) groups excluding carboxylic acids is 2. The van der Waals surface area contributed by atoms with Crippen molar-refractivity contribution in [3.8, 4) is 0 Å². The number of benzene rings is 1. The van der Waals surface area contributed by atoms with Crippen molar-refractivity contribution < 1.29 is 14.3 Å². The minimum atomic E-state index is -0.290. The maximum absolute atomic E-state index is 12.1. The first-order chi connectivity index (χ1) is 9.15. The Balaban J connectivity index is 1.99. The molecule has 0 fully saturated rings. The first-order valence-electron chi connectivity index (χ1n) is 6.62. The summed E-state index contributed by atoms with van der Waals surface area (Å²) in [5.41, 5.74) is 0.746. The van der Waals surface area contributed by atoms with Crippen molar-refractivity contribution >= 4 is 11.8 Å². The van der Waals surface area contributed by atoms with Crippen LogP contribution in [-0.2, 0) is 9.53 Å². The van der Waals surface area contributed by atoms with Gasteiger partial charge in [-0.25, -0.2) is 0 Å². The van der Waals surface area contributed by atoms with Gasteiger partial charge in [0.1, 0.15) is 5.76 Å². The quantitative estimate of drug-likeness (QED) is 0.613. The van der Waals surface area contributed by atoms with E-state index >= 15 is 0 Å². The van der Waals surface area contributed by atoms with Gasteiger partial charge in [-0.2, -0.15) is 0 Å². The summed E-state index contributed by atoms with van der Waals surface area (Å²) in [6, 6.07) is 9.31. The van der Waals surface area contributed by atoms with Crippen molar-refractivity contribution in [2.24, 2.45) is 5.92 Å². The van der Waals surface area contributed by atoms with E-state index in [0.717, 1.165) is 24.8 Å². The fourth-order valence-electron chi connectivity index (χ4n) is 2.38. The van der Waals surface area contributed by atoms with Crippen molar-refractivity contribution in [3.63, 3.8) is 0 Å². The third-order valence-electron chi connectivity index (χ3n) is 3.24. The van der Waals surface area contributed by atoms with Crippen LogP contribution in [0, 0.1) is 5.92 Å². The molecule has 2 rings (SSSR count). The van der Waals surface area contributed by atoms with Gasteiger partial charge in [0, 0.05) is 25.3 Å². The molecule has 0 heterocycles. The van der Waals surface area contributed by atoms with Crippen LogP contribution in [0.3, 0.4) is 0 Å². The van der Waals surface area contributed by atoms with E-state index in [1.807, 2.05) is 36.4 Å². The first-order valence-corrected chi connectivity index (χ1v) is 6.62. The van der Waals surface area contributed by atoms with Crippen molar-refractivity contribution in [2.75, 3.05) is 0 Å². The Bertz CT molecular complexity index is 488. The Kier molecular flexibility index (Phi) is 4.50. The number of esters is 1. The molecule has 0 aromatic heterocycles. The topological polar surface area (TPSA) is 43.4 Å². The lowest BCUT2D eigenvalue weighted by Gasteiger charge is -2.19. The van der Waals surface area contributed by atoms with Gasteiger partial charge in [0.2, 0.25) is 0 Å². The predicted molar refractivity (Wildman–Crippen MR) is 72.6 cm³/mol. The second-order valence-electron chi connectivity index (χ2n) is 4.87. The fraction of sp³-hybridized carbons (Fsp3) is 0.375. The lowest BCUT2D eigenvalue weighted by molar-refractivity contribution is -0.137. The molecule has 0 amide bonds. The molecule has 1 aliphatic rings. The highest BCUT2D eigenvalue weighted by Crippen LogP contribution is 2.27. The van der Waals surface area contributed by atoms with Gasteiger partial charge >= 0.3 is 5.97 Å². The van der Waals surface area contributed by atoms with Gasteiger partial charge in [-0.05, 0) is 24.8 Å². The van der Waals surface area contributed by atoms with E-state index in [2.05, 4.69) is 0 Å². The average molecular weight is 258 g/mol. The lowest BCUT2D eigenvalue weighted by Crippen LogP contribution is -2.13. The molecule has 1 aromatic rings. The maximum Gasteiger partial charge on any atom is 0.307 e. The van der Waals surface area contributed by atoms with E-state index in [0.29, 0.717) is 12.2 Å². The van der Waals surface area contributed by atoms with Crippen LogP contribution < -0.4 is 0 Å². The molecule has 3 heteroatoms. The molecule has 1 aliphatic carbocycles. The second-order valence-corrected chi connectivity index (χ2v) is 4.87. The molecule has 0 spiro atoms. The van der Waals surface area contributed by atoms with E-state index in [1.54, 1.807) is 0 Å². The molecule has 100 valence electrons. The standard InChI is InChI=1S/C16H18O3/c1-12(17)19-15-9-5-6-13(10-15)11-16(18)14-7-3-2-4-8-14/h2-4,7-8,10,13H,5-6,9,11H2,1H3. The summed E-state index contributed by atoms with van der Waals surface area (Å²) in [4.78, 5) is 23.0. The number of allylic oxidation sites excluding steroid dienone is 2. The highest BCUT2D eigenvalue weighted by Gasteiger charge is 2.19. The molecule has 0 radical (unpaired) electrons. The lowest BCUT2D eigenvalue weighted by atomic mass is 9.89. The zero-order valence-corrected chi connectivity index (χ0v) is 11.1. The summed E-state index contributed by atoms with van der Waals surface area (Å²) >= 11 is 0. The van der Waals surface area contributed by atoms with Crippen molar-refractivity contribution in [3.05, 3.63) is 47.7 Å². The van der Waals surface area contributed by atoms with Crippen molar-refractivity contribution in [2.45, 2.75) is 32.6 Å². The van der Waals surface area contributed by atoms with E-state index in [-0.39, 0.29) is 17.7 Å². The Morgan fingerprint density at radius 2 is 2.00 bits per heavy atom. The van der Waals surface area contributed by atoms with Crippen LogP contribution in [0.4, 0.5) is 0 Å². The average Bonchev–Trinajstić information content (AvgIpc) is 2.39. The van der Waals surface area contributed by atoms with Gasteiger partial charge in [0.25, 0.3) is 0 Å². The van der Waals surface area contributed by atoms with E-state index in [4.69, 9.17) is 4.74 Å². The highest BCUT2D eigenvalue weighted by molar-refractivity contribution is 5.96. The van der Waals surface area contributed by atoms with Crippen LogP contribution >= 0.6 is 0 Å². The van der Waals surface area contributed by atoms with Gasteiger partial charge in [-0.1, -0.05) is 30.3 Å². The van der Waals surface area contributed by atoms with Crippen molar-refractivity contribution in [1.82, 2.24) is 0 Å². The third kappa shape index (κ3) is 4.05. The van der Waals surface area contributed by atoms with Crippen LogP contribution in [0.25, 0.3) is 0 Å². The summed E-state index contributed by atoms with van der Waals surface area (Å²) in [6.45, 7) is 1.40. The fourth-order valence-corrected chi connectivity index (χ4v) is 2.38. The highest BCUT2D eigenvalue weighted by atomic mass is 16.5. The number of Topliss-reactive ketones (excluding diaryl/α,β-unsaturated/α-hetero) is 1. The zero-order valence-electron chi connectivity index (χ0n) is 11.1. The number of carbonyl (C=O) groups is 2. The van der Waals surface area contributed by atoms with Crippen LogP contribution in [0.15, 0.2) is 42.2 Å². The molecule has 0 saturated carbocycles. The van der Waals surface area contributed by atoms with Crippen LogP contribution in [0.1, 0.15) is 43.0 Å². The van der Waals surface area contributed by atoms with E-state index in [9.17, 15) is 9.59 Å². The maximum atomic E-state index is 12.1. The Morgan fingerprint density at radius 1 is 1.26 bits per heavy atom. The van der Waals surface area contributed by atoms with Gasteiger partial charge in [0.05, 0.1) is 0 Å². The first kappa shape index (κ1) is 13.5. The minimum absolute atomic E-state index is 0.144. The summed E-state index contributed by atoms with van der Waals surface area (Å²) in [6.07, 6.45) is 5.14. The molecule has 0 bridgehead atoms. The van der Waals surface area contributed by atoms with Crippen LogP contribution in [0.2, 0.25) is 0 Å². The van der Waals surface area contributed by atoms with Gasteiger partial charge in [-0.3, -0.25) is 9.59 Å². The van der Waals surface area contributed by atoms with Crippen LogP contribution in [0.5, 0.6) is 0 Å². The summed E-state index contributed by atoms with van der Waals surface area (Å²) in [7, 11) is 0. The number of ether oxygens (including phenoxy) is 1. The SMILES string of the molecule is CC(=O)OC1=CC(CC(=O)c2ccccc2)CCC1. The van der Waals surface area contributed by atoms with Crippen molar-refractivity contribution in [1.29, 1.82) is 0 Å². The number of hydrogen-bond donors (Lipinski definition) is 0. The summed E-state index contributed by atoms with van der Waals surface area (Å²) < 4.78 is 5.12. The van der Waals surface area contributed by atoms with Crippen LogP contribution in [-0.4, -0.2) is 11.8 Å². The molecule has 0 N–H and O–H groups in total. The Labute approximate surface area is 113 Å². The van der Waals surface area contributed by atoms with Gasteiger partial charge < -0.3 is 4.74 Å². The molecule has 1 atom stereocenters. The molecule has 3 nitrogen and oxygen atoms in total. The van der Waals surface area contributed by atoms with Gasteiger partial charge in [-0.15, -0.1) is 0 Å². The molecule has 1 aromatic carbocycles. The molecule has 0 saturated heterocycles. The molecule has 0 aliphatic heterocycles. The number of ketones is 1. The number of rotatable bonds is 4. The largest absolute Gasteiger partial charge is 0.432 e. The minimum Gasteiger partial charge on any atom is -0.432 e. The normalized spacial score (nSPS) is 18.6. The smallest absolute Gasteiger partial charge is 0.307 e. The second kappa shape index (κ2) is 6.32. The van der Waals surface area contributed by atoms with E-state index in [1.165, 1.54) is 6.92 Å². The zero-order chi connectivity index (χ0) is 13.7. The monoisotopic (exact) mass is 258 g/mol. The van der Waals surface area contributed by atoms with Gasteiger partial charge in [0.15, 0.2) is 5.78 Å². The third-order valence-corrected chi connectivity index (χ3v) is 3.24. The Hall–Kier alpha value is -1.90. The van der Waals surface area contributed by atoms with E-state index < -0.39 is 0 Å². The molecular formula is C16H18O3. The molecule has 1 unspecified atom stereocenters. The summed E-state index contributed by atoms with van der Waals surface area (Å²) in [5, 5.41) is 0. The number of hydrogen-bond acceptors (Lipinski definition) is 3. The Morgan fingerprint density at radius 3 is 2.68 bits per heavy atom. The molecular weight excluding hydrogens is 240 g/mol. The molecule has 19 heavy (non-hydrogen) atoms.